The fraction of sp³-hybridized carbons (Fsp3) is 0.320. The number of fused-ring (bicyclic) bond motifs is 1. The SMILES string of the molecule is Cn1c(=O)c2c(nc(CN3CCN(c4cccc(Cl)c4)CC3)n2Cc2cccc(Cl)c2)n(C)c1=O. The molecule has 3 heterocycles. The summed E-state index contributed by atoms with van der Waals surface area (Å²) >= 11 is 12.4. The van der Waals surface area contributed by atoms with Gasteiger partial charge in [0, 0.05) is 62.6 Å². The van der Waals surface area contributed by atoms with E-state index in [1.165, 1.54) is 11.6 Å². The summed E-state index contributed by atoms with van der Waals surface area (Å²) in [6, 6.07) is 15.5. The van der Waals surface area contributed by atoms with Crippen LogP contribution >= 0.6 is 23.2 Å². The predicted molar refractivity (Wildman–Crippen MR) is 140 cm³/mol. The van der Waals surface area contributed by atoms with E-state index in [9.17, 15) is 9.59 Å². The zero-order chi connectivity index (χ0) is 24.7. The predicted octanol–water partition coefficient (Wildman–Crippen LogP) is 3.11. The van der Waals surface area contributed by atoms with Crippen LogP contribution in [0.2, 0.25) is 10.0 Å². The lowest BCUT2D eigenvalue weighted by molar-refractivity contribution is 0.241. The van der Waals surface area contributed by atoms with Gasteiger partial charge in [-0.3, -0.25) is 18.8 Å². The summed E-state index contributed by atoms with van der Waals surface area (Å²) in [5, 5.41) is 1.36. The highest BCUT2D eigenvalue weighted by molar-refractivity contribution is 6.31. The summed E-state index contributed by atoms with van der Waals surface area (Å²) in [6.07, 6.45) is 0. The second-order valence-corrected chi connectivity index (χ2v) is 9.74. The first-order chi connectivity index (χ1) is 16.8. The maximum absolute atomic E-state index is 13.1. The Bertz CT molecular complexity index is 1510. The van der Waals surface area contributed by atoms with Crippen LogP contribution < -0.4 is 16.1 Å². The second kappa shape index (κ2) is 9.53. The first kappa shape index (κ1) is 23.7. The summed E-state index contributed by atoms with van der Waals surface area (Å²) < 4.78 is 4.49. The summed E-state index contributed by atoms with van der Waals surface area (Å²) in [6.45, 7) is 4.39. The molecule has 35 heavy (non-hydrogen) atoms. The van der Waals surface area contributed by atoms with E-state index in [2.05, 4.69) is 15.9 Å². The summed E-state index contributed by atoms with van der Waals surface area (Å²) in [4.78, 5) is 35.1. The molecule has 2 aromatic carbocycles. The van der Waals surface area contributed by atoms with E-state index in [0.717, 1.165) is 52.8 Å². The minimum Gasteiger partial charge on any atom is -0.369 e. The van der Waals surface area contributed by atoms with Gasteiger partial charge in [0.1, 0.15) is 5.82 Å². The zero-order valence-corrected chi connectivity index (χ0v) is 21.1. The highest BCUT2D eigenvalue weighted by Gasteiger charge is 2.23. The molecule has 0 N–H and O–H groups in total. The number of anilines is 1. The number of nitrogens with zero attached hydrogens (tertiary/aromatic N) is 6. The molecule has 4 aromatic rings. The van der Waals surface area contributed by atoms with Crippen LogP contribution in [-0.4, -0.2) is 49.8 Å². The average molecular weight is 513 g/mol. The summed E-state index contributed by atoms with van der Waals surface area (Å²) in [7, 11) is 3.14. The quantitative estimate of drug-likeness (QED) is 0.411. The van der Waals surface area contributed by atoms with Gasteiger partial charge in [-0.15, -0.1) is 0 Å². The molecule has 0 unspecified atom stereocenters. The highest BCUT2D eigenvalue weighted by Crippen LogP contribution is 2.22. The van der Waals surface area contributed by atoms with Crippen LogP contribution in [0.5, 0.6) is 0 Å². The molecule has 1 aliphatic rings. The van der Waals surface area contributed by atoms with Crippen LogP contribution in [0.25, 0.3) is 11.2 Å². The van der Waals surface area contributed by atoms with Gasteiger partial charge in [-0.25, -0.2) is 9.78 Å². The van der Waals surface area contributed by atoms with Gasteiger partial charge in [0.05, 0.1) is 6.54 Å². The Morgan fingerprint density at radius 1 is 0.857 bits per heavy atom. The Kier molecular flexibility index (Phi) is 6.44. The first-order valence-electron chi connectivity index (χ1n) is 11.4. The molecule has 0 saturated carbocycles. The first-order valence-corrected chi connectivity index (χ1v) is 12.2. The summed E-state index contributed by atoms with van der Waals surface area (Å²) in [5.74, 6) is 0.745. The minimum absolute atomic E-state index is 0.352. The Labute approximate surface area is 212 Å². The number of rotatable bonds is 5. The van der Waals surface area contributed by atoms with E-state index >= 15 is 0 Å². The van der Waals surface area contributed by atoms with Crippen LogP contribution in [-0.2, 0) is 27.2 Å². The van der Waals surface area contributed by atoms with Crippen LogP contribution in [0.1, 0.15) is 11.4 Å². The van der Waals surface area contributed by atoms with E-state index in [0.29, 0.717) is 29.3 Å². The van der Waals surface area contributed by atoms with E-state index < -0.39 is 5.69 Å². The van der Waals surface area contributed by atoms with E-state index in [-0.39, 0.29) is 5.56 Å². The molecule has 2 aromatic heterocycles. The van der Waals surface area contributed by atoms with Crippen molar-refractivity contribution in [1.82, 2.24) is 23.6 Å². The van der Waals surface area contributed by atoms with Crippen molar-refractivity contribution in [2.24, 2.45) is 14.1 Å². The van der Waals surface area contributed by atoms with Crippen molar-refractivity contribution in [1.29, 1.82) is 0 Å². The molecule has 10 heteroatoms. The lowest BCUT2D eigenvalue weighted by atomic mass is 10.2. The molecule has 1 aliphatic heterocycles. The normalized spacial score (nSPS) is 14.7. The van der Waals surface area contributed by atoms with Gasteiger partial charge in [-0.05, 0) is 35.9 Å². The van der Waals surface area contributed by atoms with Crippen molar-refractivity contribution in [2.75, 3.05) is 31.1 Å². The fourth-order valence-electron chi connectivity index (χ4n) is 4.64. The maximum Gasteiger partial charge on any atom is 0.332 e. The zero-order valence-electron chi connectivity index (χ0n) is 19.6. The van der Waals surface area contributed by atoms with Crippen LogP contribution in [0.3, 0.4) is 0 Å². The van der Waals surface area contributed by atoms with Crippen molar-refractivity contribution >= 4 is 40.1 Å². The number of piperazine rings is 1. The Hall–Kier alpha value is -3.07. The van der Waals surface area contributed by atoms with Gasteiger partial charge in [0.2, 0.25) is 0 Å². The third-order valence-electron chi connectivity index (χ3n) is 6.57. The topological polar surface area (TPSA) is 68.3 Å². The monoisotopic (exact) mass is 512 g/mol. The molecule has 8 nitrogen and oxygen atoms in total. The molecule has 1 fully saturated rings. The van der Waals surface area contributed by atoms with Crippen LogP contribution in [0, 0.1) is 0 Å². The number of imidazole rings is 1. The van der Waals surface area contributed by atoms with Gasteiger partial charge in [-0.1, -0.05) is 41.4 Å². The Morgan fingerprint density at radius 3 is 2.23 bits per heavy atom. The summed E-state index contributed by atoms with van der Waals surface area (Å²) in [5.41, 5.74) is 2.14. The maximum atomic E-state index is 13.1. The molecular weight excluding hydrogens is 487 g/mol. The van der Waals surface area contributed by atoms with E-state index in [1.807, 2.05) is 47.0 Å². The largest absolute Gasteiger partial charge is 0.369 e. The van der Waals surface area contributed by atoms with Gasteiger partial charge in [-0.2, -0.15) is 0 Å². The minimum atomic E-state index is -0.392. The lowest BCUT2D eigenvalue weighted by Crippen LogP contribution is -2.46. The van der Waals surface area contributed by atoms with Crippen LogP contribution in [0.4, 0.5) is 5.69 Å². The molecule has 0 aliphatic carbocycles. The standard InChI is InChI=1S/C25H26Cl2N6O2/c1-29-23-22(24(34)30(2)25(29)35)33(15-17-5-3-6-18(26)13-17)21(28-23)16-31-9-11-32(12-10-31)20-8-4-7-19(27)14-20/h3-8,13-14H,9-12,15-16H2,1-2H3. The molecular formula is C25H26Cl2N6O2. The van der Waals surface area contributed by atoms with E-state index in [4.69, 9.17) is 28.2 Å². The molecule has 1 saturated heterocycles. The Morgan fingerprint density at radius 2 is 1.54 bits per heavy atom. The molecule has 182 valence electrons. The molecule has 5 rings (SSSR count). The van der Waals surface area contributed by atoms with Gasteiger partial charge < -0.3 is 9.47 Å². The second-order valence-electron chi connectivity index (χ2n) is 8.87. The molecule has 0 amide bonds. The number of hydrogen-bond donors (Lipinski definition) is 0. The van der Waals surface area contributed by atoms with Gasteiger partial charge in [0.25, 0.3) is 5.56 Å². The molecule has 0 bridgehead atoms. The third kappa shape index (κ3) is 4.61. The third-order valence-corrected chi connectivity index (χ3v) is 7.04. The van der Waals surface area contributed by atoms with Crippen molar-refractivity contribution in [3.8, 4) is 0 Å². The van der Waals surface area contributed by atoms with Crippen molar-refractivity contribution < 1.29 is 0 Å². The number of aromatic nitrogens is 4. The fourth-order valence-corrected chi connectivity index (χ4v) is 5.03. The van der Waals surface area contributed by atoms with Crippen LogP contribution in [0.15, 0.2) is 58.1 Å². The number of hydrogen-bond acceptors (Lipinski definition) is 5. The van der Waals surface area contributed by atoms with Gasteiger partial charge in [0.15, 0.2) is 11.2 Å². The number of halogens is 2. The molecule has 0 atom stereocenters. The van der Waals surface area contributed by atoms with Gasteiger partial charge >= 0.3 is 5.69 Å². The molecule has 0 radical (unpaired) electrons. The Balaban J connectivity index is 1.47. The smallest absolute Gasteiger partial charge is 0.332 e. The highest BCUT2D eigenvalue weighted by atomic mass is 35.5. The van der Waals surface area contributed by atoms with Crippen molar-refractivity contribution in [2.45, 2.75) is 13.1 Å². The number of benzene rings is 2. The van der Waals surface area contributed by atoms with Crippen molar-refractivity contribution in [3.05, 3.63) is 90.8 Å². The lowest BCUT2D eigenvalue weighted by Gasteiger charge is -2.36. The number of aryl methyl sites for hydroxylation is 1. The van der Waals surface area contributed by atoms with E-state index in [1.54, 1.807) is 7.05 Å². The van der Waals surface area contributed by atoms with Crippen molar-refractivity contribution in [3.63, 3.8) is 0 Å². The molecule has 0 spiro atoms. The average Bonchev–Trinajstić information content (AvgIpc) is 3.19.